The summed E-state index contributed by atoms with van der Waals surface area (Å²) in [6.07, 6.45) is 2.19. The van der Waals surface area contributed by atoms with E-state index in [1.54, 1.807) is 23.2 Å². The first-order chi connectivity index (χ1) is 8.63. The van der Waals surface area contributed by atoms with E-state index in [-0.39, 0.29) is 11.8 Å². The zero-order valence-corrected chi connectivity index (χ0v) is 11.6. The number of amides is 2. The Kier molecular flexibility index (Phi) is 3.96. The Bertz CT molecular complexity index is 461. The smallest absolute Gasteiger partial charge is 0.273 e. The van der Waals surface area contributed by atoms with E-state index in [0.29, 0.717) is 25.2 Å². The lowest BCUT2D eigenvalue weighted by molar-refractivity contribution is -0.127. The van der Waals surface area contributed by atoms with Gasteiger partial charge in [0.25, 0.3) is 5.91 Å². The van der Waals surface area contributed by atoms with Crippen LogP contribution in [0.4, 0.5) is 0 Å². The molecule has 0 saturated carbocycles. The predicted octanol–water partition coefficient (Wildman–Crippen LogP) is 1.19. The third kappa shape index (κ3) is 2.53. The van der Waals surface area contributed by atoms with Gasteiger partial charge in [0.1, 0.15) is 11.7 Å². The summed E-state index contributed by atoms with van der Waals surface area (Å²) in [5.41, 5.74) is 0.367. The summed E-state index contributed by atoms with van der Waals surface area (Å²) in [6.45, 7) is 2.92. The highest BCUT2D eigenvalue weighted by molar-refractivity contribution is 9.10. The van der Waals surface area contributed by atoms with Crippen LogP contribution in [0.15, 0.2) is 22.8 Å². The van der Waals surface area contributed by atoms with Crippen molar-refractivity contribution in [1.82, 2.24) is 15.2 Å². The fourth-order valence-electron chi connectivity index (χ4n) is 2.01. The van der Waals surface area contributed by atoms with E-state index in [9.17, 15) is 9.59 Å². The number of halogens is 1. The van der Waals surface area contributed by atoms with Gasteiger partial charge in [0.2, 0.25) is 5.91 Å². The summed E-state index contributed by atoms with van der Waals surface area (Å²) >= 11 is 3.27. The highest BCUT2D eigenvalue weighted by Gasteiger charge is 2.32. The van der Waals surface area contributed by atoms with Crippen LogP contribution in [-0.4, -0.2) is 40.8 Å². The first-order valence-corrected chi connectivity index (χ1v) is 6.63. The van der Waals surface area contributed by atoms with E-state index in [0.717, 1.165) is 4.47 Å². The number of piperazine rings is 1. The molecule has 1 aliphatic rings. The van der Waals surface area contributed by atoms with Gasteiger partial charge in [-0.25, -0.2) is 4.98 Å². The molecular weight excluding hydrogens is 298 g/mol. The van der Waals surface area contributed by atoms with Gasteiger partial charge in [-0.2, -0.15) is 0 Å². The zero-order valence-electron chi connectivity index (χ0n) is 10.0. The normalized spacial score (nSPS) is 19.6. The lowest BCUT2D eigenvalue weighted by atomic mass is 10.1. The van der Waals surface area contributed by atoms with Crippen LogP contribution in [0, 0.1) is 0 Å². The molecule has 6 heteroatoms. The van der Waals surface area contributed by atoms with Crippen molar-refractivity contribution in [3.8, 4) is 0 Å². The summed E-state index contributed by atoms with van der Waals surface area (Å²) in [4.78, 5) is 29.7. The Morgan fingerprint density at radius 3 is 3.00 bits per heavy atom. The summed E-state index contributed by atoms with van der Waals surface area (Å²) in [6, 6.07) is 3.04. The van der Waals surface area contributed by atoms with Crippen molar-refractivity contribution in [2.45, 2.75) is 19.4 Å². The van der Waals surface area contributed by atoms with Gasteiger partial charge in [0.15, 0.2) is 0 Å². The average molecular weight is 312 g/mol. The van der Waals surface area contributed by atoms with Gasteiger partial charge in [0, 0.05) is 23.8 Å². The molecule has 0 bridgehead atoms. The Morgan fingerprint density at radius 2 is 2.39 bits per heavy atom. The van der Waals surface area contributed by atoms with Crippen LogP contribution >= 0.6 is 15.9 Å². The number of rotatable bonds is 2. The molecule has 2 heterocycles. The minimum Gasteiger partial charge on any atom is -0.353 e. The maximum absolute atomic E-state index is 12.3. The predicted molar refractivity (Wildman–Crippen MR) is 70.1 cm³/mol. The van der Waals surface area contributed by atoms with E-state index in [4.69, 9.17) is 0 Å². The number of aromatic nitrogens is 1. The van der Waals surface area contributed by atoms with Crippen LogP contribution in [0.25, 0.3) is 0 Å². The molecule has 1 aliphatic heterocycles. The Morgan fingerprint density at radius 1 is 1.61 bits per heavy atom. The number of nitrogens with one attached hydrogen (secondary N) is 1. The maximum atomic E-state index is 12.3. The minimum absolute atomic E-state index is 0.0887. The van der Waals surface area contributed by atoms with Crippen LogP contribution < -0.4 is 5.32 Å². The number of carbonyl (C=O) groups excluding carboxylic acids is 2. The molecule has 1 aromatic rings. The molecule has 1 fully saturated rings. The lowest BCUT2D eigenvalue weighted by Gasteiger charge is -2.34. The highest BCUT2D eigenvalue weighted by atomic mass is 79.9. The fraction of sp³-hybridized carbons (Fsp3) is 0.417. The second-order valence-corrected chi connectivity index (χ2v) is 4.99. The number of nitrogens with zero attached hydrogens (tertiary/aromatic N) is 2. The van der Waals surface area contributed by atoms with Gasteiger partial charge < -0.3 is 10.2 Å². The zero-order chi connectivity index (χ0) is 13.1. The fourth-order valence-corrected chi connectivity index (χ4v) is 2.25. The molecule has 1 atom stereocenters. The largest absolute Gasteiger partial charge is 0.353 e. The van der Waals surface area contributed by atoms with Gasteiger partial charge in [-0.1, -0.05) is 6.92 Å². The molecule has 1 aromatic heterocycles. The topological polar surface area (TPSA) is 62.3 Å². The van der Waals surface area contributed by atoms with Crippen LogP contribution in [-0.2, 0) is 4.79 Å². The van der Waals surface area contributed by atoms with Crippen LogP contribution in [0.1, 0.15) is 23.8 Å². The van der Waals surface area contributed by atoms with Crippen molar-refractivity contribution < 1.29 is 9.59 Å². The van der Waals surface area contributed by atoms with E-state index < -0.39 is 6.04 Å². The number of hydrogen-bond donors (Lipinski definition) is 1. The monoisotopic (exact) mass is 311 g/mol. The Labute approximate surface area is 114 Å². The molecule has 1 N–H and O–H groups in total. The molecule has 0 radical (unpaired) electrons. The standard InChI is InChI=1S/C12H14BrN3O2/c1-2-10-11(17)14-5-6-16(10)12(18)9-4-3-8(13)7-15-9/h3-4,7,10H,2,5-6H2,1H3,(H,14,17). The van der Waals surface area contributed by atoms with E-state index >= 15 is 0 Å². The first kappa shape index (κ1) is 13.0. The van der Waals surface area contributed by atoms with E-state index in [1.807, 2.05) is 6.92 Å². The lowest BCUT2D eigenvalue weighted by Crippen LogP contribution is -2.57. The average Bonchev–Trinajstić information content (AvgIpc) is 2.38. The Balaban J connectivity index is 2.21. The van der Waals surface area contributed by atoms with Crippen molar-refractivity contribution in [3.05, 3.63) is 28.5 Å². The quantitative estimate of drug-likeness (QED) is 0.892. The van der Waals surface area contributed by atoms with Crippen LogP contribution in [0.3, 0.4) is 0 Å². The van der Waals surface area contributed by atoms with Gasteiger partial charge >= 0.3 is 0 Å². The molecule has 0 aromatic carbocycles. The number of pyridine rings is 1. The number of hydrogen-bond acceptors (Lipinski definition) is 3. The van der Waals surface area contributed by atoms with Gasteiger partial charge in [-0.3, -0.25) is 9.59 Å². The highest BCUT2D eigenvalue weighted by Crippen LogP contribution is 2.14. The third-order valence-electron chi connectivity index (χ3n) is 2.92. The van der Waals surface area contributed by atoms with Crippen molar-refractivity contribution in [2.75, 3.05) is 13.1 Å². The van der Waals surface area contributed by atoms with E-state index in [1.165, 1.54) is 0 Å². The van der Waals surface area contributed by atoms with Gasteiger partial charge in [-0.15, -0.1) is 0 Å². The molecule has 18 heavy (non-hydrogen) atoms. The summed E-state index contributed by atoms with van der Waals surface area (Å²) in [7, 11) is 0. The number of carbonyl (C=O) groups is 2. The summed E-state index contributed by atoms with van der Waals surface area (Å²) in [5.74, 6) is -0.279. The second kappa shape index (κ2) is 5.48. The molecule has 96 valence electrons. The summed E-state index contributed by atoms with van der Waals surface area (Å²) < 4.78 is 0.822. The van der Waals surface area contributed by atoms with Crippen molar-refractivity contribution in [1.29, 1.82) is 0 Å². The Hall–Kier alpha value is -1.43. The van der Waals surface area contributed by atoms with E-state index in [2.05, 4.69) is 26.2 Å². The van der Waals surface area contributed by atoms with Crippen molar-refractivity contribution >= 4 is 27.7 Å². The molecule has 5 nitrogen and oxygen atoms in total. The molecule has 1 unspecified atom stereocenters. The SMILES string of the molecule is CCC1C(=O)NCCN1C(=O)c1ccc(Br)cn1. The summed E-state index contributed by atoms with van der Waals surface area (Å²) in [5, 5.41) is 2.77. The molecule has 2 rings (SSSR count). The third-order valence-corrected chi connectivity index (χ3v) is 3.39. The van der Waals surface area contributed by atoms with Crippen molar-refractivity contribution in [2.24, 2.45) is 0 Å². The molecule has 1 saturated heterocycles. The molecular formula is C12H14BrN3O2. The van der Waals surface area contributed by atoms with Crippen LogP contribution in [0.5, 0.6) is 0 Å². The van der Waals surface area contributed by atoms with Gasteiger partial charge in [-0.05, 0) is 34.5 Å². The molecule has 2 amide bonds. The van der Waals surface area contributed by atoms with Crippen LogP contribution in [0.2, 0.25) is 0 Å². The molecule has 0 aliphatic carbocycles. The molecule has 0 spiro atoms. The second-order valence-electron chi connectivity index (χ2n) is 4.08. The first-order valence-electron chi connectivity index (χ1n) is 5.83. The van der Waals surface area contributed by atoms with Crippen molar-refractivity contribution in [3.63, 3.8) is 0 Å². The maximum Gasteiger partial charge on any atom is 0.273 e. The minimum atomic E-state index is -0.392. The van der Waals surface area contributed by atoms with Gasteiger partial charge in [0.05, 0.1) is 0 Å².